The number of ether oxygens (including phenoxy) is 1. The molecule has 0 radical (unpaired) electrons. The van der Waals surface area contributed by atoms with Crippen molar-refractivity contribution in [1.29, 1.82) is 0 Å². The molecule has 1 heteroatoms. The van der Waals surface area contributed by atoms with Crippen LogP contribution in [0.2, 0.25) is 0 Å². The third-order valence-electron chi connectivity index (χ3n) is 3.01. The third-order valence-corrected chi connectivity index (χ3v) is 3.01. The van der Waals surface area contributed by atoms with Crippen LogP contribution in [-0.2, 0) is 4.74 Å². The van der Waals surface area contributed by atoms with Crippen LogP contribution in [0.1, 0.15) is 71.6 Å². The van der Waals surface area contributed by atoms with E-state index >= 15 is 0 Å². The molecule has 0 aliphatic carbocycles. The summed E-state index contributed by atoms with van der Waals surface area (Å²) in [4.78, 5) is 0. The summed E-state index contributed by atoms with van der Waals surface area (Å²) < 4.78 is 5.22. The molecule has 1 atom stereocenters. The molecule has 0 aromatic heterocycles. The number of methoxy groups -OCH3 is 1. The van der Waals surface area contributed by atoms with Gasteiger partial charge in [-0.05, 0) is 32.6 Å². The zero-order valence-electron chi connectivity index (χ0n) is 11.5. The first kappa shape index (κ1) is 15.7. The van der Waals surface area contributed by atoms with Gasteiger partial charge in [0.05, 0.1) is 6.10 Å². The van der Waals surface area contributed by atoms with E-state index in [-0.39, 0.29) is 0 Å². The summed E-state index contributed by atoms with van der Waals surface area (Å²) >= 11 is 0. The molecule has 1 nitrogen and oxygen atoms in total. The molecule has 0 aromatic carbocycles. The second-order valence-electron chi connectivity index (χ2n) is 4.65. The summed E-state index contributed by atoms with van der Waals surface area (Å²) in [6.45, 7) is 4.38. The maximum absolute atomic E-state index is 5.22. The molecule has 0 saturated heterocycles. The first-order valence-corrected chi connectivity index (χ1v) is 6.99. The van der Waals surface area contributed by atoms with Gasteiger partial charge >= 0.3 is 0 Å². The molecule has 0 N–H and O–H groups in total. The van der Waals surface area contributed by atoms with E-state index in [2.05, 4.69) is 26.0 Å². The Morgan fingerprint density at radius 2 is 1.56 bits per heavy atom. The summed E-state index contributed by atoms with van der Waals surface area (Å²) in [7, 11) is 1.80. The summed E-state index contributed by atoms with van der Waals surface area (Å²) in [5, 5.41) is 0. The fourth-order valence-corrected chi connectivity index (χ4v) is 1.74. The van der Waals surface area contributed by atoms with Crippen molar-refractivity contribution in [3.63, 3.8) is 0 Å². The highest BCUT2D eigenvalue weighted by atomic mass is 16.5. The van der Waals surface area contributed by atoms with Crippen molar-refractivity contribution in [1.82, 2.24) is 0 Å². The molecule has 0 bridgehead atoms. The zero-order chi connectivity index (χ0) is 12.1. The molecule has 1 unspecified atom stereocenters. The van der Waals surface area contributed by atoms with Crippen molar-refractivity contribution in [3.8, 4) is 0 Å². The Labute approximate surface area is 102 Å². The van der Waals surface area contributed by atoms with Crippen LogP contribution in [0.25, 0.3) is 0 Å². The van der Waals surface area contributed by atoms with Crippen LogP contribution >= 0.6 is 0 Å². The lowest BCUT2D eigenvalue weighted by molar-refractivity contribution is 0.108. The Morgan fingerprint density at radius 3 is 2.25 bits per heavy atom. The fourth-order valence-electron chi connectivity index (χ4n) is 1.74. The quantitative estimate of drug-likeness (QED) is 0.351. The Balaban J connectivity index is 3.04. The van der Waals surface area contributed by atoms with Crippen molar-refractivity contribution in [2.24, 2.45) is 0 Å². The SMILES string of the molecule is CCCC=CCCCCCCCC(C)OC. The average molecular weight is 226 g/mol. The van der Waals surface area contributed by atoms with Gasteiger partial charge in [-0.15, -0.1) is 0 Å². The summed E-state index contributed by atoms with van der Waals surface area (Å²) in [6.07, 6.45) is 16.9. The molecule has 0 amide bonds. The number of hydrogen-bond acceptors (Lipinski definition) is 1. The predicted octanol–water partition coefficient (Wildman–Crippen LogP) is 5.11. The van der Waals surface area contributed by atoms with E-state index in [0.717, 1.165) is 0 Å². The molecule has 0 spiro atoms. The molecule has 0 aliphatic rings. The normalized spacial score (nSPS) is 13.4. The van der Waals surface area contributed by atoms with Gasteiger partial charge in [0.2, 0.25) is 0 Å². The second kappa shape index (κ2) is 12.8. The minimum atomic E-state index is 0.442. The highest BCUT2D eigenvalue weighted by molar-refractivity contribution is 4.80. The van der Waals surface area contributed by atoms with E-state index in [0.29, 0.717) is 6.10 Å². The molecule has 0 heterocycles. The van der Waals surface area contributed by atoms with Gasteiger partial charge in [-0.3, -0.25) is 0 Å². The van der Waals surface area contributed by atoms with Crippen LogP contribution in [0.4, 0.5) is 0 Å². The highest BCUT2D eigenvalue weighted by Gasteiger charge is 1.97. The Kier molecular flexibility index (Phi) is 12.5. The minimum absolute atomic E-state index is 0.442. The topological polar surface area (TPSA) is 9.23 Å². The lowest BCUT2D eigenvalue weighted by atomic mass is 10.1. The molecule has 0 aliphatic heterocycles. The maximum atomic E-state index is 5.22. The molecular formula is C15H30O. The first-order chi connectivity index (χ1) is 7.81. The van der Waals surface area contributed by atoms with Gasteiger partial charge in [-0.1, -0.05) is 51.2 Å². The van der Waals surface area contributed by atoms with Gasteiger partial charge in [0.1, 0.15) is 0 Å². The van der Waals surface area contributed by atoms with E-state index in [1.165, 1.54) is 57.8 Å². The molecule has 0 rings (SSSR count). The number of hydrogen-bond donors (Lipinski definition) is 0. The smallest absolute Gasteiger partial charge is 0.0543 e. The zero-order valence-corrected chi connectivity index (χ0v) is 11.5. The standard InChI is InChI=1S/C15H30O/c1-4-5-6-7-8-9-10-11-12-13-14-15(2)16-3/h6-7,15H,4-5,8-14H2,1-3H3. The monoisotopic (exact) mass is 226 g/mol. The van der Waals surface area contributed by atoms with Gasteiger partial charge in [0.25, 0.3) is 0 Å². The highest BCUT2D eigenvalue weighted by Crippen LogP contribution is 2.10. The first-order valence-electron chi connectivity index (χ1n) is 6.99. The van der Waals surface area contributed by atoms with E-state index in [1.807, 2.05) is 0 Å². The van der Waals surface area contributed by atoms with Gasteiger partial charge in [-0.25, -0.2) is 0 Å². The van der Waals surface area contributed by atoms with E-state index in [4.69, 9.17) is 4.74 Å². The van der Waals surface area contributed by atoms with Crippen LogP contribution in [0.15, 0.2) is 12.2 Å². The Bertz CT molecular complexity index is 152. The molecule has 16 heavy (non-hydrogen) atoms. The maximum Gasteiger partial charge on any atom is 0.0543 e. The molecule has 0 saturated carbocycles. The second-order valence-corrected chi connectivity index (χ2v) is 4.65. The van der Waals surface area contributed by atoms with Crippen LogP contribution < -0.4 is 0 Å². The minimum Gasteiger partial charge on any atom is -0.382 e. The average Bonchev–Trinajstić information content (AvgIpc) is 2.31. The van der Waals surface area contributed by atoms with E-state index in [9.17, 15) is 0 Å². The number of rotatable bonds is 11. The summed E-state index contributed by atoms with van der Waals surface area (Å²) in [6, 6.07) is 0. The van der Waals surface area contributed by atoms with Gasteiger partial charge in [0, 0.05) is 7.11 Å². The Morgan fingerprint density at radius 1 is 0.938 bits per heavy atom. The van der Waals surface area contributed by atoms with Crippen molar-refractivity contribution >= 4 is 0 Å². The van der Waals surface area contributed by atoms with Crippen molar-refractivity contribution in [3.05, 3.63) is 12.2 Å². The molecule has 96 valence electrons. The fraction of sp³-hybridized carbons (Fsp3) is 0.867. The summed E-state index contributed by atoms with van der Waals surface area (Å²) in [5.74, 6) is 0. The lowest BCUT2D eigenvalue weighted by Crippen LogP contribution is -2.03. The third kappa shape index (κ3) is 11.8. The van der Waals surface area contributed by atoms with E-state index < -0.39 is 0 Å². The largest absolute Gasteiger partial charge is 0.382 e. The molecule has 0 fully saturated rings. The molecule has 0 aromatic rings. The van der Waals surface area contributed by atoms with Crippen molar-refractivity contribution in [2.75, 3.05) is 7.11 Å². The predicted molar refractivity (Wildman–Crippen MR) is 72.8 cm³/mol. The van der Waals surface area contributed by atoms with Crippen molar-refractivity contribution in [2.45, 2.75) is 77.7 Å². The van der Waals surface area contributed by atoms with Crippen LogP contribution in [0.3, 0.4) is 0 Å². The van der Waals surface area contributed by atoms with Crippen LogP contribution in [-0.4, -0.2) is 13.2 Å². The number of unbranched alkanes of at least 4 members (excludes halogenated alkanes) is 6. The Hall–Kier alpha value is -0.300. The van der Waals surface area contributed by atoms with Crippen LogP contribution in [0, 0.1) is 0 Å². The number of allylic oxidation sites excluding steroid dienone is 2. The van der Waals surface area contributed by atoms with Gasteiger partial charge in [0.15, 0.2) is 0 Å². The lowest BCUT2D eigenvalue weighted by Gasteiger charge is -2.08. The van der Waals surface area contributed by atoms with Gasteiger partial charge in [-0.2, -0.15) is 0 Å². The van der Waals surface area contributed by atoms with Gasteiger partial charge < -0.3 is 4.74 Å². The van der Waals surface area contributed by atoms with Crippen LogP contribution in [0.5, 0.6) is 0 Å². The van der Waals surface area contributed by atoms with Crippen molar-refractivity contribution < 1.29 is 4.74 Å². The molecular weight excluding hydrogens is 196 g/mol. The van der Waals surface area contributed by atoms with E-state index in [1.54, 1.807) is 7.11 Å². The summed E-state index contributed by atoms with van der Waals surface area (Å²) in [5.41, 5.74) is 0.